The maximum absolute atomic E-state index is 5.75. The van der Waals surface area contributed by atoms with Gasteiger partial charge in [-0.25, -0.2) is 4.98 Å². The summed E-state index contributed by atoms with van der Waals surface area (Å²) in [5.74, 6) is 0.367. The van der Waals surface area contributed by atoms with E-state index in [2.05, 4.69) is 4.98 Å². The molecule has 1 heterocycles. The van der Waals surface area contributed by atoms with Gasteiger partial charge in [-0.3, -0.25) is 0 Å². The van der Waals surface area contributed by atoms with Crippen LogP contribution in [0.1, 0.15) is 0 Å². The molecule has 0 aromatic carbocycles. The lowest BCUT2D eigenvalue weighted by molar-refractivity contribution is 0.316. The summed E-state index contributed by atoms with van der Waals surface area (Å²) < 4.78 is 5.11. The first-order valence-electron chi connectivity index (χ1n) is 3.38. The van der Waals surface area contributed by atoms with E-state index in [0.717, 1.165) is 0 Å². The topological polar surface area (TPSA) is 48.1 Å². The minimum absolute atomic E-state index is 0. The van der Waals surface area contributed by atoms with Crippen molar-refractivity contribution in [3.05, 3.63) is 22.3 Å². The summed E-state index contributed by atoms with van der Waals surface area (Å²) in [5, 5.41) is 0.885. The highest BCUT2D eigenvalue weighted by molar-refractivity contribution is 6.35. The van der Waals surface area contributed by atoms with Gasteiger partial charge in [0.1, 0.15) is 11.6 Å². The van der Waals surface area contributed by atoms with Gasteiger partial charge in [0.05, 0.1) is 5.02 Å². The van der Waals surface area contributed by atoms with Crippen LogP contribution in [0.5, 0.6) is 5.88 Å². The molecule has 0 atom stereocenters. The fraction of sp³-hybridized carbons (Fsp3) is 0.286. The highest BCUT2D eigenvalue weighted by Crippen LogP contribution is 2.24. The van der Waals surface area contributed by atoms with Gasteiger partial charge in [0.15, 0.2) is 0 Å². The van der Waals surface area contributed by atoms with Crippen molar-refractivity contribution >= 4 is 35.6 Å². The molecule has 0 saturated heterocycles. The van der Waals surface area contributed by atoms with Gasteiger partial charge in [0.2, 0.25) is 5.88 Å². The molecule has 0 spiro atoms. The molecule has 6 heteroatoms. The van der Waals surface area contributed by atoms with Crippen LogP contribution in [-0.2, 0) is 0 Å². The lowest BCUT2D eigenvalue weighted by Gasteiger charge is -2.04. The van der Waals surface area contributed by atoms with E-state index in [0.29, 0.717) is 29.1 Å². The molecule has 13 heavy (non-hydrogen) atoms. The van der Waals surface area contributed by atoms with E-state index >= 15 is 0 Å². The lowest BCUT2D eigenvalue weighted by atomic mass is 10.5. The zero-order chi connectivity index (χ0) is 8.97. The molecular weight excluding hydrogens is 234 g/mol. The Hall–Kier alpha value is -0.220. The maximum atomic E-state index is 5.75. The monoisotopic (exact) mass is 242 g/mol. The second-order valence-electron chi connectivity index (χ2n) is 2.08. The number of hydrogen-bond acceptors (Lipinski definition) is 3. The third kappa shape index (κ3) is 4.00. The summed E-state index contributed by atoms with van der Waals surface area (Å²) in [6, 6.07) is 1.57. The summed E-state index contributed by atoms with van der Waals surface area (Å²) in [5.41, 5.74) is 5.23. The molecule has 0 aliphatic carbocycles. The average molecular weight is 244 g/mol. The summed E-state index contributed by atoms with van der Waals surface area (Å²) in [4.78, 5) is 3.87. The Kier molecular flexibility index (Phi) is 6.16. The highest BCUT2D eigenvalue weighted by atomic mass is 35.5. The van der Waals surface area contributed by atoms with E-state index in [9.17, 15) is 0 Å². The van der Waals surface area contributed by atoms with Crippen molar-refractivity contribution < 1.29 is 4.74 Å². The highest BCUT2D eigenvalue weighted by Gasteiger charge is 2.02. The molecule has 2 N–H and O–H groups in total. The molecule has 0 amide bonds. The zero-order valence-corrected chi connectivity index (χ0v) is 8.99. The number of nitrogens with two attached hydrogens (primary N) is 1. The van der Waals surface area contributed by atoms with Crippen molar-refractivity contribution in [2.75, 3.05) is 13.2 Å². The number of nitrogens with zero attached hydrogens (tertiary/aromatic N) is 1. The van der Waals surface area contributed by atoms with Crippen molar-refractivity contribution in [3.8, 4) is 5.88 Å². The standard InChI is InChI=1S/C7H8Cl2N2O.ClH/c8-5-3-6(9)7(11-4-5)12-2-1-10;/h3-4H,1-2,10H2;1H. The van der Waals surface area contributed by atoms with Crippen LogP contribution >= 0.6 is 35.6 Å². The van der Waals surface area contributed by atoms with Crippen LogP contribution in [0.3, 0.4) is 0 Å². The summed E-state index contributed by atoms with van der Waals surface area (Å²) >= 11 is 11.4. The molecule has 0 unspecified atom stereocenters. The molecule has 1 rings (SSSR count). The molecule has 0 radical (unpaired) electrons. The van der Waals surface area contributed by atoms with E-state index in [-0.39, 0.29) is 12.4 Å². The van der Waals surface area contributed by atoms with Gasteiger partial charge in [0.25, 0.3) is 0 Å². The molecule has 0 saturated carbocycles. The number of hydrogen-bond donors (Lipinski definition) is 1. The van der Waals surface area contributed by atoms with E-state index in [1.807, 2.05) is 0 Å². The van der Waals surface area contributed by atoms with Gasteiger partial charge in [-0.1, -0.05) is 23.2 Å². The fourth-order valence-electron chi connectivity index (χ4n) is 0.664. The summed E-state index contributed by atoms with van der Waals surface area (Å²) in [6.07, 6.45) is 1.47. The average Bonchev–Trinajstić information content (AvgIpc) is 2.03. The Balaban J connectivity index is 0.00000144. The smallest absolute Gasteiger partial charge is 0.232 e. The van der Waals surface area contributed by atoms with Gasteiger partial charge < -0.3 is 10.5 Å². The number of halogens is 3. The van der Waals surface area contributed by atoms with E-state index in [4.69, 9.17) is 33.7 Å². The van der Waals surface area contributed by atoms with Gasteiger partial charge in [0, 0.05) is 12.7 Å². The molecule has 1 aromatic rings. The van der Waals surface area contributed by atoms with Crippen LogP contribution in [0, 0.1) is 0 Å². The number of rotatable bonds is 3. The van der Waals surface area contributed by atoms with Crippen LogP contribution < -0.4 is 10.5 Å². The van der Waals surface area contributed by atoms with Gasteiger partial charge >= 0.3 is 0 Å². The Morgan fingerprint density at radius 3 is 2.69 bits per heavy atom. The van der Waals surface area contributed by atoms with Gasteiger partial charge in [-0.15, -0.1) is 12.4 Å². The molecular formula is C7H9Cl3N2O. The fourth-order valence-corrected chi connectivity index (χ4v) is 1.10. The molecule has 3 nitrogen and oxygen atoms in total. The van der Waals surface area contributed by atoms with E-state index < -0.39 is 0 Å². The Morgan fingerprint density at radius 2 is 2.15 bits per heavy atom. The second kappa shape index (κ2) is 6.27. The van der Waals surface area contributed by atoms with Crippen molar-refractivity contribution in [2.24, 2.45) is 5.73 Å². The van der Waals surface area contributed by atoms with Crippen LogP contribution in [0.4, 0.5) is 0 Å². The molecule has 0 bridgehead atoms. The first-order valence-corrected chi connectivity index (χ1v) is 4.13. The van der Waals surface area contributed by atoms with Crippen molar-refractivity contribution in [1.29, 1.82) is 0 Å². The van der Waals surface area contributed by atoms with Gasteiger partial charge in [-0.2, -0.15) is 0 Å². The molecule has 0 aliphatic heterocycles. The minimum atomic E-state index is 0. The summed E-state index contributed by atoms with van der Waals surface area (Å²) in [7, 11) is 0. The van der Waals surface area contributed by atoms with Gasteiger partial charge in [-0.05, 0) is 6.07 Å². The lowest BCUT2D eigenvalue weighted by Crippen LogP contribution is -2.11. The van der Waals surface area contributed by atoms with Crippen LogP contribution in [0.15, 0.2) is 12.3 Å². The quantitative estimate of drug-likeness (QED) is 0.885. The van der Waals surface area contributed by atoms with Crippen molar-refractivity contribution in [1.82, 2.24) is 4.98 Å². The predicted octanol–water partition coefficient (Wildman–Crippen LogP) is 2.15. The van der Waals surface area contributed by atoms with E-state index in [1.54, 1.807) is 6.07 Å². The first-order chi connectivity index (χ1) is 5.74. The third-order valence-corrected chi connectivity index (χ3v) is 1.61. The minimum Gasteiger partial charge on any atom is -0.475 e. The first kappa shape index (κ1) is 12.8. The molecule has 0 fully saturated rings. The molecule has 0 aliphatic rings. The normalized spacial score (nSPS) is 9.15. The van der Waals surface area contributed by atoms with Crippen molar-refractivity contribution in [2.45, 2.75) is 0 Å². The van der Waals surface area contributed by atoms with Crippen LogP contribution in [0.2, 0.25) is 10.0 Å². The SMILES string of the molecule is Cl.NCCOc1ncc(Cl)cc1Cl. The zero-order valence-electron chi connectivity index (χ0n) is 6.67. The molecule has 1 aromatic heterocycles. The predicted molar refractivity (Wildman–Crippen MR) is 56.1 cm³/mol. The Morgan fingerprint density at radius 1 is 1.46 bits per heavy atom. The Bertz CT molecular complexity index is 270. The number of pyridine rings is 1. The Labute approximate surface area is 92.6 Å². The van der Waals surface area contributed by atoms with E-state index in [1.165, 1.54) is 6.20 Å². The summed E-state index contributed by atoms with van der Waals surface area (Å²) in [6.45, 7) is 0.828. The van der Waals surface area contributed by atoms with Crippen molar-refractivity contribution in [3.63, 3.8) is 0 Å². The number of ether oxygens (including phenoxy) is 1. The maximum Gasteiger partial charge on any atom is 0.232 e. The van der Waals surface area contributed by atoms with Crippen LogP contribution in [-0.4, -0.2) is 18.1 Å². The number of aromatic nitrogens is 1. The largest absolute Gasteiger partial charge is 0.475 e. The molecule has 74 valence electrons. The third-order valence-electron chi connectivity index (χ3n) is 1.13. The second-order valence-corrected chi connectivity index (χ2v) is 2.92. The van der Waals surface area contributed by atoms with Crippen LogP contribution in [0.25, 0.3) is 0 Å².